The lowest BCUT2D eigenvalue weighted by molar-refractivity contribution is -0.0757. The number of hydrogen-bond donors (Lipinski definition) is 0. The third-order valence-corrected chi connectivity index (χ3v) is 9.38. The molecule has 0 amide bonds. The first-order valence-corrected chi connectivity index (χ1v) is 11.5. The Morgan fingerprint density at radius 2 is 1.15 bits per heavy atom. The van der Waals surface area contributed by atoms with Crippen molar-refractivity contribution in [3.8, 4) is 0 Å². The van der Waals surface area contributed by atoms with Crippen LogP contribution in [0.2, 0.25) is 0 Å². The zero-order valence-electron chi connectivity index (χ0n) is 21.1. The Morgan fingerprint density at radius 1 is 0.692 bits per heavy atom. The zero-order chi connectivity index (χ0) is 21.1. The molecule has 0 saturated heterocycles. The molecular weight excluding hydrogens is 312 g/mol. The van der Waals surface area contributed by atoms with E-state index in [9.17, 15) is 0 Å². The molecule has 5 unspecified atom stereocenters. The molecule has 0 heterocycles. The zero-order valence-corrected chi connectivity index (χ0v) is 21.1. The number of hydrogen-bond acceptors (Lipinski definition) is 0. The van der Waals surface area contributed by atoms with Gasteiger partial charge in [-0.2, -0.15) is 0 Å². The van der Waals surface area contributed by atoms with E-state index in [1.165, 1.54) is 25.7 Å². The summed E-state index contributed by atoms with van der Waals surface area (Å²) in [4.78, 5) is 0. The van der Waals surface area contributed by atoms with Gasteiger partial charge in [0, 0.05) is 0 Å². The predicted octanol–water partition coefficient (Wildman–Crippen LogP) is 9.24. The maximum atomic E-state index is 2.62. The van der Waals surface area contributed by atoms with Crippen molar-refractivity contribution in [2.75, 3.05) is 0 Å². The van der Waals surface area contributed by atoms with Crippen LogP contribution in [0.3, 0.4) is 0 Å². The molecule has 0 radical (unpaired) electrons. The number of rotatable bonds is 10. The normalized spacial score (nSPS) is 21.8. The van der Waals surface area contributed by atoms with Gasteiger partial charge in [0.2, 0.25) is 0 Å². The smallest absolute Gasteiger partial charge is 0.0244 e. The maximum Gasteiger partial charge on any atom is -0.0244 e. The van der Waals surface area contributed by atoms with Gasteiger partial charge in [-0.15, -0.1) is 0 Å². The minimum absolute atomic E-state index is 0.307. The summed E-state index contributed by atoms with van der Waals surface area (Å²) in [6.45, 7) is 34.7. The average Bonchev–Trinajstić information content (AvgIpc) is 2.51. The average molecular weight is 367 g/mol. The highest BCUT2D eigenvalue weighted by molar-refractivity contribution is 5.00. The van der Waals surface area contributed by atoms with Gasteiger partial charge in [-0.05, 0) is 58.2 Å². The lowest BCUT2D eigenvalue weighted by Gasteiger charge is -2.57. The predicted molar refractivity (Wildman–Crippen MR) is 122 cm³/mol. The minimum Gasteiger partial charge on any atom is -0.0651 e. The fourth-order valence-electron chi connectivity index (χ4n) is 4.98. The van der Waals surface area contributed by atoms with E-state index in [0.717, 1.165) is 17.8 Å². The molecule has 5 atom stereocenters. The molecule has 0 spiro atoms. The molecule has 0 fully saturated rings. The summed E-state index contributed by atoms with van der Waals surface area (Å²) in [7, 11) is 0. The van der Waals surface area contributed by atoms with E-state index in [2.05, 4.69) is 96.9 Å². The van der Waals surface area contributed by atoms with Crippen LogP contribution in [0.1, 0.15) is 123 Å². The molecule has 0 aromatic rings. The monoisotopic (exact) mass is 366 g/mol. The van der Waals surface area contributed by atoms with Crippen LogP contribution >= 0.6 is 0 Å². The Hall–Kier alpha value is 0. The van der Waals surface area contributed by atoms with E-state index in [-0.39, 0.29) is 0 Å². The van der Waals surface area contributed by atoms with E-state index >= 15 is 0 Å². The van der Waals surface area contributed by atoms with Crippen LogP contribution in [0.5, 0.6) is 0 Å². The highest BCUT2D eigenvalue weighted by Gasteiger charge is 2.51. The summed E-state index contributed by atoms with van der Waals surface area (Å²) in [5.74, 6) is 3.04. The lowest BCUT2D eigenvalue weighted by atomic mass is 9.48. The van der Waals surface area contributed by atoms with Crippen LogP contribution in [0.4, 0.5) is 0 Å². The highest BCUT2D eigenvalue weighted by atomic mass is 14.6. The maximum absolute atomic E-state index is 2.62. The molecule has 0 saturated carbocycles. The molecule has 0 aliphatic carbocycles. The molecule has 0 aromatic heterocycles. The third-order valence-electron chi connectivity index (χ3n) is 9.38. The van der Waals surface area contributed by atoms with E-state index in [0.29, 0.717) is 27.6 Å². The largest absolute Gasteiger partial charge is 0.0651 e. The fourth-order valence-corrected chi connectivity index (χ4v) is 4.98. The summed E-state index contributed by atoms with van der Waals surface area (Å²) in [6, 6.07) is 0. The van der Waals surface area contributed by atoms with Crippen molar-refractivity contribution in [3.63, 3.8) is 0 Å². The van der Waals surface area contributed by atoms with Gasteiger partial charge in [0.15, 0.2) is 0 Å². The van der Waals surface area contributed by atoms with Gasteiger partial charge < -0.3 is 0 Å². The summed E-state index contributed by atoms with van der Waals surface area (Å²) < 4.78 is 0. The van der Waals surface area contributed by atoms with Crippen LogP contribution < -0.4 is 0 Å². The van der Waals surface area contributed by atoms with E-state index < -0.39 is 0 Å². The Bertz CT molecular complexity index is 410. The van der Waals surface area contributed by atoms with Gasteiger partial charge in [0.25, 0.3) is 0 Å². The first-order chi connectivity index (χ1) is 11.5. The van der Waals surface area contributed by atoms with Gasteiger partial charge >= 0.3 is 0 Å². The minimum atomic E-state index is 0.307. The Balaban J connectivity index is 6.12. The van der Waals surface area contributed by atoms with Crippen molar-refractivity contribution in [1.82, 2.24) is 0 Å². The molecule has 0 aliphatic heterocycles. The van der Waals surface area contributed by atoms with Crippen LogP contribution in [-0.2, 0) is 0 Å². The summed E-state index contributed by atoms with van der Waals surface area (Å²) in [5, 5.41) is 0. The molecule has 0 nitrogen and oxygen atoms in total. The van der Waals surface area contributed by atoms with Crippen molar-refractivity contribution >= 4 is 0 Å². The van der Waals surface area contributed by atoms with Gasteiger partial charge in [0.1, 0.15) is 0 Å². The second-order valence-corrected chi connectivity index (χ2v) is 12.2. The SMILES string of the molecule is CCC(C)C(C)CC(C)(CC(C)(C(C)C(C)C)C(C)(C)C)C(C)(C)CC. The molecule has 0 N–H and O–H groups in total. The van der Waals surface area contributed by atoms with Gasteiger partial charge in [-0.1, -0.05) is 110 Å². The summed E-state index contributed by atoms with van der Waals surface area (Å²) in [6.07, 6.45) is 5.22. The standard InChI is InChI=1S/C26H54/c1-15-20(5)21(6)17-25(13,24(11,12)16-2)18-26(14,23(8,9)10)22(7)19(3)4/h19-22H,15-18H2,1-14H3. The Morgan fingerprint density at radius 3 is 1.46 bits per heavy atom. The van der Waals surface area contributed by atoms with Gasteiger partial charge in [0.05, 0.1) is 0 Å². The van der Waals surface area contributed by atoms with Crippen molar-refractivity contribution in [2.24, 2.45) is 45.3 Å². The van der Waals surface area contributed by atoms with Crippen molar-refractivity contribution in [1.29, 1.82) is 0 Å². The topological polar surface area (TPSA) is 0 Å². The summed E-state index contributed by atoms with van der Waals surface area (Å²) >= 11 is 0. The van der Waals surface area contributed by atoms with E-state index in [4.69, 9.17) is 0 Å². The van der Waals surface area contributed by atoms with E-state index in [1.54, 1.807) is 0 Å². The highest BCUT2D eigenvalue weighted by Crippen LogP contribution is 2.60. The molecular formula is C26H54. The third kappa shape index (κ3) is 5.51. The van der Waals surface area contributed by atoms with Gasteiger partial charge in [-0.3, -0.25) is 0 Å². The quantitative estimate of drug-likeness (QED) is 0.361. The van der Waals surface area contributed by atoms with Crippen LogP contribution in [0.15, 0.2) is 0 Å². The molecule has 26 heavy (non-hydrogen) atoms. The molecule has 0 aromatic carbocycles. The van der Waals surface area contributed by atoms with Crippen LogP contribution in [-0.4, -0.2) is 0 Å². The first-order valence-electron chi connectivity index (χ1n) is 11.5. The van der Waals surface area contributed by atoms with Crippen LogP contribution in [0, 0.1) is 45.3 Å². The fraction of sp³-hybridized carbons (Fsp3) is 1.00. The van der Waals surface area contributed by atoms with E-state index in [1.807, 2.05) is 0 Å². The second-order valence-electron chi connectivity index (χ2n) is 12.2. The molecule has 0 bridgehead atoms. The second kappa shape index (κ2) is 9.00. The molecule has 158 valence electrons. The van der Waals surface area contributed by atoms with Crippen molar-refractivity contribution < 1.29 is 0 Å². The summed E-state index contributed by atoms with van der Waals surface area (Å²) in [5.41, 5.74) is 1.35. The molecule has 0 aliphatic rings. The van der Waals surface area contributed by atoms with Gasteiger partial charge in [-0.25, -0.2) is 0 Å². The Labute approximate surface area is 168 Å². The first kappa shape index (κ1) is 26.0. The molecule has 0 rings (SSSR count). The van der Waals surface area contributed by atoms with Crippen molar-refractivity contribution in [2.45, 2.75) is 123 Å². The molecule has 0 heteroatoms. The van der Waals surface area contributed by atoms with Crippen molar-refractivity contribution in [3.05, 3.63) is 0 Å². The van der Waals surface area contributed by atoms with Crippen LogP contribution in [0.25, 0.3) is 0 Å². The Kier molecular flexibility index (Phi) is 9.00. The lowest BCUT2D eigenvalue weighted by Crippen LogP contribution is -2.49.